The number of likely N-dealkylation sites (tertiary alicyclic amines) is 2. The molecule has 0 saturated carbocycles. The largest absolute Gasteiger partial charge is 0.381 e. The number of carbonyl (C=O) groups excluding carboxylic acids is 2. The molecule has 2 aromatic carbocycles. The minimum absolute atomic E-state index is 0.0502. The quantitative estimate of drug-likeness (QED) is 0.573. The molecular weight excluding hydrogens is 472 g/mol. The van der Waals surface area contributed by atoms with E-state index in [9.17, 15) is 9.59 Å². The van der Waals surface area contributed by atoms with Crippen LogP contribution in [0.15, 0.2) is 78.9 Å². The van der Waals surface area contributed by atoms with E-state index in [0.29, 0.717) is 24.9 Å². The van der Waals surface area contributed by atoms with Crippen LogP contribution in [0.3, 0.4) is 0 Å². The zero-order valence-electron chi connectivity index (χ0n) is 22.0. The highest BCUT2D eigenvalue weighted by atomic mass is 16.2. The van der Waals surface area contributed by atoms with Gasteiger partial charge in [-0.2, -0.15) is 0 Å². The number of nitrogens with one attached hydrogen (secondary N) is 2. The van der Waals surface area contributed by atoms with Gasteiger partial charge in [0, 0.05) is 43.2 Å². The normalized spacial score (nSPS) is 27.8. The lowest BCUT2D eigenvalue weighted by Gasteiger charge is -2.44. The molecule has 0 radical (unpaired) electrons. The minimum atomic E-state index is -0.391. The number of piperidine rings is 1. The lowest BCUT2D eigenvalue weighted by molar-refractivity contribution is -0.138. The molecule has 2 saturated heterocycles. The number of nitrogens with zero attached hydrogens (tertiary/aromatic N) is 2. The second-order valence-corrected chi connectivity index (χ2v) is 11.1. The van der Waals surface area contributed by atoms with Crippen LogP contribution in [0.25, 0.3) is 0 Å². The van der Waals surface area contributed by atoms with Gasteiger partial charge >= 0.3 is 6.03 Å². The summed E-state index contributed by atoms with van der Waals surface area (Å²) in [5, 5.41) is 6.93. The summed E-state index contributed by atoms with van der Waals surface area (Å²) in [7, 11) is 0. The highest BCUT2D eigenvalue weighted by molar-refractivity contribution is 5.88. The van der Waals surface area contributed by atoms with Gasteiger partial charge in [0.2, 0.25) is 5.91 Å². The fourth-order valence-corrected chi connectivity index (χ4v) is 6.98. The van der Waals surface area contributed by atoms with E-state index in [0.717, 1.165) is 50.8 Å². The van der Waals surface area contributed by atoms with Crippen molar-refractivity contribution >= 4 is 17.6 Å². The number of rotatable bonds is 5. The molecule has 3 heterocycles. The van der Waals surface area contributed by atoms with Crippen LogP contribution in [0.5, 0.6) is 0 Å². The third-order valence-corrected chi connectivity index (χ3v) is 8.85. The van der Waals surface area contributed by atoms with Gasteiger partial charge in [0.15, 0.2) is 0 Å². The number of hydrogen-bond acceptors (Lipinski definition) is 3. The molecule has 5 atom stereocenters. The Labute approximate surface area is 225 Å². The molecule has 198 valence electrons. The molecule has 38 heavy (non-hydrogen) atoms. The predicted octanol–water partition coefficient (Wildman–Crippen LogP) is 5.31. The molecule has 1 unspecified atom stereocenters. The van der Waals surface area contributed by atoms with E-state index < -0.39 is 6.04 Å². The Morgan fingerprint density at radius 1 is 0.921 bits per heavy atom. The predicted molar refractivity (Wildman–Crippen MR) is 151 cm³/mol. The van der Waals surface area contributed by atoms with E-state index in [1.807, 2.05) is 23.1 Å². The van der Waals surface area contributed by atoms with Gasteiger partial charge in [-0.05, 0) is 55.7 Å². The number of anilines is 1. The number of benzene rings is 2. The SMILES string of the molecule is O=C(NCCc1ccccc1)N1CCCC[C@@H]1C(=O)N1CC[C@@H]2[C@H](C3C=CC=CC3)Nc3ccccc3[C@@H]21. The Morgan fingerprint density at radius 3 is 2.61 bits per heavy atom. The van der Waals surface area contributed by atoms with Crippen molar-refractivity contribution in [2.24, 2.45) is 11.8 Å². The maximum Gasteiger partial charge on any atom is 0.318 e. The second-order valence-electron chi connectivity index (χ2n) is 11.1. The van der Waals surface area contributed by atoms with Gasteiger partial charge in [-0.1, -0.05) is 72.8 Å². The van der Waals surface area contributed by atoms with Gasteiger partial charge in [-0.3, -0.25) is 4.79 Å². The third kappa shape index (κ3) is 4.84. The molecule has 6 nitrogen and oxygen atoms in total. The van der Waals surface area contributed by atoms with Crippen LogP contribution in [0.4, 0.5) is 10.5 Å². The van der Waals surface area contributed by atoms with E-state index in [-0.39, 0.29) is 24.0 Å². The maximum atomic E-state index is 14.2. The highest BCUT2D eigenvalue weighted by Crippen LogP contribution is 2.49. The summed E-state index contributed by atoms with van der Waals surface area (Å²) in [4.78, 5) is 31.4. The zero-order valence-corrected chi connectivity index (χ0v) is 22.0. The summed E-state index contributed by atoms with van der Waals surface area (Å²) < 4.78 is 0. The molecule has 6 heteroatoms. The van der Waals surface area contributed by atoms with E-state index in [1.54, 1.807) is 0 Å². The average molecular weight is 511 g/mol. The summed E-state index contributed by atoms with van der Waals surface area (Å²) >= 11 is 0. The molecule has 1 aliphatic carbocycles. The van der Waals surface area contributed by atoms with Crippen molar-refractivity contribution in [1.29, 1.82) is 0 Å². The fourth-order valence-electron chi connectivity index (χ4n) is 6.98. The van der Waals surface area contributed by atoms with Crippen molar-refractivity contribution in [3.63, 3.8) is 0 Å². The van der Waals surface area contributed by atoms with Gasteiger partial charge in [0.1, 0.15) is 6.04 Å². The molecule has 2 fully saturated rings. The standard InChI is InChI=1S/C32H38N4O2/c37-31(28-17-9-10-21-35(28)32(38)33-20-18-23-11-3-1-4-12-23)36-22-19-26-29(24-13-5-2-6-14-24)34-27-16-8-7-15-25(27)30(26)36/h1-8,11-13,15-16,24,26,28-30,34H,9-10,14,17-22H2,(H,33,38)/t24?,26-,28-,29+,30+/m1/s1. The molecule has 2 aromatic rings. The molecule has 2 N–H and O–H groups in total. The first-order chi connectivity index (χ1) is 18.7. The Hall–Kier alpha value is -3.54. The number of amides is 3. The van der Waals surface area contributed by atoms with Crippen LogP contribution in [0, 0.1) is 11.8 Å². The monoisotopic (exact) mass is 510 g/mol. The van der Waals surface area contributed by atoms with Crippen molar-refractivity contribution in [2.45, 2.75) is 56.7 Å². The lowest BCUT2D eigenvalue weighted by Crippen LogP contribution is -2.56. The van der Waals surface area contributed by atoms with E-state index in [4.69, 9.17) is 0 Å². The number of urea groups is 1. The number of para-hydroxylation sites is 1. The molecule has 0 aromatic heterocycles. The van der Waals surface area contributed by atoms with Crippen molar-refractivity contribution in [3.05, 3.63) is 90.0 Å². The molecule has 4 aliphatic rings. The zero-order chi connectivity index (χ0) is 25.9. The Bertz CT molecular complexity index is 1210. The third-order valence-electron chi connectivity index (χ3n) is 8.85. The second kappa shape index (κ2) is 11.1. The number of carbonyl (C=O) groups is 2. The van der Waals surface area contributed by atoms with Gasteiger partial charge in [0.25, 0.3) is 0 Å². The van der Waals surface area contributed by atoms with Crippen LogP contribution in [0.2, 0.25) is 0 Å². The highest BCUT2D eigenvalue weighted by Gasteiger charge is 2.49. The molecule has 6 rings (SSSR count). The van der Waals surface area contributed by atoms with Crippen molar-refractivity contribution in [1.82, 2.24) is 15.1 Å². The number of hydrogen-bond donors (Lipinski definition) is 2. The van der Waals surface area contributed by atoms with E-state index in [2.05, 4.69) is 76.2 Å². The smallest absolute Gasteiger partial charge is 0.318 e. The Morgan fingerprint density at radius 2 is 1.76 bits per heavy atom. The van der Waals surface area contributed by atoms with Gasteiger partial charge in [-0.25, -0.2) is 4.79 Å². The van der Waals surface area contributed by atoms with Crippen LogP contribution in [0.1, 0.15) is 49.3 Å². The van der Waals surface area contributed by atoms with Crippen LogP contribution in [-0.4, -0.2) is 53.5 Å². The van der Waals surface area contributed by atoms with Crippen LogP contribution >= 0.6 is 0 Å². The van der Waals surface area contributed by atoms with E-state index in [1.165, 1.54) is 11.1 Å². The average Bonchev–Trinajstić information content (AvgIpc) is 3.43. The van der Waals surface area contributed by atoms with Gasteiger partial charge < -0.3 is 20.4 Å². The molecule has 0 spiro atoms. The lowest BCUT2D eigenvalue weighted by atomic mass is 9.75. The number of allylic oxidation sites excluding steroid dienone is 3. The first kappa shape index (κ1) is 24.8. The summed E-state index contributed by atoms with van der Waals surface area (Å²) in [6, 6.07) is 18.5. The van der Waals surface area contributed by atoms with Crippen LogP contribution < -0.4 is 10.6 Å². The number of fused-ring (bicyclic) bond motifs is 3. The van der Waals surface area contributed by atoms with Gasteiger partial charge in [0.05, 0.1) is 6.04 Å². The summed E-state index contributed by atoms with van der Waals surface area (Å²) in [5.74, 6) is 0.883. The summed E-state index contributed by atoms with van der Waals surface area (Å²) in [6.07, 6.45) is 14.3. The Kier molecular flexibility index (Phi) is 7.21. The summed E-state index contributed by atoms with van der Waals surface area (Å²) in [5.41, 5.74) is 3.55. The van der Waals surface area contributed by atoms with Crippen molar-refractivity contribution < 1.29 is 9.59 Å². The molecule has 0 bridgehead atoms. The van der Waals surface area contributed by atoms with E-state index >= 15 is 0 Å². The first-order valence-electron chi connectivity index (χ1n) is 14.3. The van der Waals surface area contributed by atoms with Crippen molar-refractivity contribution in [3.8, 4) is 0 Å². The maximum absolute atomic E-state index is 14.2. The topological polar surface area (TPSA) is 64.7 Å². The molecule has 3 amide bonds. The molecular formula is C32H38N4O2. The first-order valence-corrected chi connectivity index (χ1v) is 14.3. The minimum Gasteiger partial charge on any atom is -0.381 e. The Balaban J connectivity index is 1.19. The molecule has 3 aliphatic heterocycles. The summed E-state index contributed by atoms with van der Waals surface area (Å²) in [6.45, 7) is 1.95. The fraction of sp³-hybridized carbons (Fsp3) is 0.438. The van der Waals surface area contributed by atoms with Crippen LogP contribution in [-0.2, 0) is 11.2 Å². The van der Waals surface area contributed by atoms with Gasteiger partial charge in [-0.15, -0.1) is 0 Å². The van der Waals surface area contributed by atoms with Crippen molar-refractivity contribution in [2.75, 3.05) is 25.0 Å².